The van der Waals surface area contributed by atoms with Crippen molar-refractivity contribution in [3.63, 3.8) is 0 Å². The molecule has 18 heavy (non-hydrogen) atoms. The van der Waals surface area contributed by atoms with Crippen LogP contribution < -0.4 is 11.1 Å². The van der Waals surface area contributed by atoms with Crippen LogP contribution in [0.3, 0.4) is 0 Å². The Hall–Kier alpha value is -1.39. The van der Waals surface area contributed by atoms with Crippen molar-refractivity contribution in [2.24, 2.45) is 11.7 Å². The molecule has 0 bridgehead atoms. The Morgan fingerprint density at radius 3 is 2.61 bits per heavy atom. The molecule has 0 aromatic heterocycles. The highest BCUT2D eigenvalue weighted by Crippen LogP contribution is 2.16. The van der Waals surface area contributed by atoms with E-state index >= 15 is 0 Å². The summed E-state index contributed by atoms with van der Waals surface area (Å²) in [6.45, 7) is 4.91. The quantitative estimate of drug-likeness (QED) is 0.843. The Morgan fingerprint density at radius 1 is 1.39 bits per heavy atom. The van der Waals surface area contributed by atoms with Gasteiger partial charge < -0.3 is 15.8 Å². The summed E-state index contributed by atoms with van der Waals surface area (Å²) in [6, 6.07) is 7.96. The van der Waals surface area contributed by atoms with Gasteiger partial charge in [0.1, 0.15) is 0 Å². The fourth-order valence-electron chi connectivity index (χ4n) is 2.10. The molecule has 1 aliphatic rings. The Balaban J connectivity index is 1.96. The molecule has 3 atom stereocenters. The van der Waals surface area contributed by atoms with E-state index in [1.165, 1.54) is 5.56 Å². The highest BCUT2D eigenvalue weighted by molar-refractivity contribution is 5.80. The number of nitrogens with one attached hydrogen (secondary N) is 1. The molecule has 4 nitrogen and oxygen atoms in total. The van der Waals surface area contributed by atoms with Gasteiger partial charge in [0.15, 0.2) is 0 Å². The largest absolute Gasteiger partial charge is 0.379 e. The van der Waals surface area contributed by atoms with E-state index in [-0.39, 0.29) is 23.9 Å². The van der Waals surface area contributed by atoms with Crippen LogP contribution in [-0.4, -0.2) is 25.2 Å². The lowest BCUT2D eigenvalue weighted by Gasteiger charge is -2.19. The first-order valence-corrected chi connectivity index (χ1v) is 6.28. The molecule has 2 unspecified atom stereocenters. The summed E-state index contributed by atoms with van der Waals surface area (Å²) in [4.78, 5) is 12.0. The van der Waals surface area contributed by atoms with Crippen LogP contribution in [0.5, 0.6) is 0 Å². The molecule has 1 heterocycles. The molecule has 0 aliphatic carbocycles. The molecule has 1 aromatic carbocycles. The van der Waals surface area contributed by atoms with Gasteiger partial charge in [0.05, 0.1) is 25.2 Å². The summed E-state index contributed by atoms with van der Waals surface area (Å²) >= 11 is 0. The summed E-state index contributed by atoms with van der Waals surface area (Å²) in [5.74, 6) is -0.244. The second-order valence-electron chi connectivity index (χ2n) is 4.95. The number of nitrogens with two attached hydrogens (primary N) is 1. The molecule has 4 heteroatoms. The van der Waals surface area contributed by atoms with Gasteiger partial charge in [-0.15, -0.1) is 0 Å². The van der Waals surface area contributed by atoms with Crippen LogP contribution >= 0.6 is 0 Å². The van der Waals surface area contributed by atoms with E-state index in [2.05, 4.69) is 5.32 Å². The van der Waals surface area contributed by atoms with Crippen LogP contribution in [0.2, 0.25) is 0 Å². The molecule has 3 N–H and O–H groups in total. The van der Waals surface area contributed by atoms with Gasteiger partial charge in [-0.3, -0.25) is 4.79 Å². The number of carbonyl (C=O) groups excluding carboxylic acids is 1. The van der Waals surface area contributed by atoms with Crippen LogP contribution in [0, 0.1) is 12.8 Å². The minimum Gasteiger partial charge on any atom is -0.379 e. The van der Waals surface area contributed by atoms with Crippen molar-refractivity contribution in [3.05, 3.63) is 35.4 Å². The minimum absolute atomic E-state index is 0.00843. The zero-order valence-corrected chi connectivity index (χ0v) is 10.8. The van der Waals surface area contributed by atoms with Crippen LogP contribution in [-0.2, 0) is 9.53 Å². The molecule has 0 saturated carbocycles. The van der Waals surface area contributed by atoms with Gasteiger partial charge in [0, 0.05) is 6.04 Å². The maximum atomic E-state index is 12.0. The molecular weight excluding hydrogens is 228 g/mol. The van der Waals surface area contributed by atoms with Crippen molar-refractivity contribution in [1.29, 1.82) is 0 Å². The van der Waals surface area contributed by atoms with Gasteiger partial charge in [-0.25, -0.2) is 0 Å². The fourth-order valence-corrected chi connectivity index (χ4v) is 2.10. The second-order valence-corrected chi connectivity index (χ2v) is 4.95. The molecule has 1 aromatic rings. The lowest BCUT2D eigenvalue weighted by Crippen LogP contribution is -2.41. The van der Waals surface area contributed by atoms with E-state index in [0.717, 1.165) is 5.56 Å². The normalized spacial score (nSPS) is 24.8. The maximum Gasteiger partial charge on any atom is 0.227 e. The smallest absolute Gasteiger partial charge is 0.227 e. The number of ether oxygens (including phenoxy) is 1. The average molecular weight is 248 g/mol. The monoisotopic (exact) mass is 248 g/mol. The van der Waals surface area contributed by atoms with Crippen molar-refractivity contribution in [1.82, 2.24) is 5.32 Å². The van der Waals surface area contributed by atoms with E-state index in [1.807, 2.05) is 38.1 Å². The summed E-state index contributed by atoms with van der Waals surface area (Å²) in [6.07, 6.45) is 0. The first kappa shape index (κ1) is 13.1. The number of rotatable bonds is 3. The Bertz CT molecular complexity index is 416. The average Bonchev–Trinajstić information content (AvgIpc) is 2.76. The number of amides is 1. The lowest BCUT2D eigenvalue weighted by atomic mass is 10.0. The Kier molecular flexibility index (Phi) is 3.99. The van der Waals surface area contributed by atoms with Crippen molar-refractivity contribution in [2.75, 3.05) is 13.2 Å². The van der Waals surface area contributed by atoms with Crippen LogP contribution in [0.1, 0.15) is 24.1 Å². The molecule has 98 valence electrons. The van der Waals surface area contributed by atoms with E-state index in [9.17, 15) is 4.79 Å². The van der Waals surface area contributed by atoms with E-state index in [0.29, 0.717) is 13.2 Å². The predicted octanol–water partition coefficient (Wildman–Crippen LogP) is 1.15. The molecular formula is C14H20N2O2. The zero-order valence-electron chi connectivity index (χ0n) is 10.8. The lowest BCUT2D eigenvalue weighted by molar-refractivity contribution is -0.125. The van der Waals surface area contributed by atoms with Gasteiger partial charge in [-0.1, -0.05) is 29.8 Å². The number of benzene rings is 1. The van der Waals surface area contributed by atoms with E-state index < -0.39 is 0 Å². The van der Waals surface area contributed by atoms with Crippen molar-refractivity contribution < 1.29 is 9.53 Å². The van der Waals surface area contributed by atoms with E-state index in [4.69, 9.17) is 10.5 Å². The summed E-state index contributed by atoms with van der Waals surface area (Å²) in [5, 5.41) is 2.99. The first-order valence-electron chi connectivity index (χ1n) is 6.28. The molecule has 1 fully saturated rings. The summed E-state index contributed by atoms with van der Waals surface area (Å²) < 4.78 is 5.21. The van der Waals surface area contributed by atoms with Crippen LogP contribution in [0.4, 0.5) is 0 Å². The van der Waals surface area contributed by atoms with Gasteiger partial charge in [-0.2, -0.15) is 0 Å². The van der Waals surface area contributed by atoms with Gasteiger partial charge in [0.2, 0.25) is 5.91 Å². The van der Waals surface area contributed by atoms with Gasteiger partial charge in [-0.05, 0) is 19.4 Å². The standard InChI is InChI=1S/C14H20N2O2/c1-9-3-5-11(6-4-9)10(2)16-14(17)12-7-18-8-13(12)15/h3-6,10,12-13H,7-8,15H2,1-2H3,(H,16,17)/t10-,12?,13?/m0/s1. The molecule has 2 rings (SSSR count). The first-order chi connectivity index (χ1) is 8.58. The van der Waals surface area contributed by atoms with Crippen molar-refractivity contribution in [2.45, 2.75) is 25.9 Å². The summed E-state index contributed by atoms with van der Waals surface area (Å²) in [7, 11) is 0. The van der Waals surface area contributed by atoms with Crippen LogP contribution in [0.15, 0.2) is 24.3 Å². The van der Waals surface area contributed by atoms with Gasteiger partial charge in [0.25, 0.3) is 0 Å². The highest BCUT2D eigenvalue weighted by atomic mass is 16.5. The summed E-state index contributed by atoms with van der Waals surface area (Å²) in [5.41, 5.74) is 8.14. The third kappa shape index (κ3) is 2.89. The fraction of sp³-hybridized carbons (Fsp3) is 0.500. The van der Waals surface area contributed by atoms with Crippen LogP contribution in [0.25, 0.3) is 0 Å². The third-order valence-corrected chi connectivity index (χ3v) is 3.40. The molecule has 0 spiro atoms. The molecule has 0 radical (unpaired) electrons. The van der Waals surface area contributed by atoms with E-state index in [1.54, 1.807) is 0 Å². The SMILES string of the molecule is Cc1ccc([C@H](C)NC(=O)C2COCC2N)cc1. The number of hydrogen-bond donors (Lipinski definition) is 2. The second kappa shape index (κ2) is 5.50. The van der Waals surface area contributed by atoms with Crippen molar-refractivity contribution >= 4 is 5.91 Å². The number of aryl methyl sites for hydroxylation is 1. The molecule has 1 saturated heterocycles. The third-order valence-electron chi connectivity index (χ3n) is 3.40. The number of hydrogen-bond acceptors (Lipinski definition) is 3. The van der Waals surface area contributed by atoms with Crippen molar-refractivity contribution in [3.8, 4) is 0 Å². The minimum atomic E-state index is -0.224. The topological polar surface area (TPSA) is 64.3 Å². The molecule has 1 amide bonds. The number of carbonyl (C=O) groups is 1. The maximum absolute atomic E-state index is 12.0. The Labute approximate surface area is 108 Å². The zero-order chi connectivity index (χ0) is 13.1. The predicted molar refractivity (Wildman–Crippen MR) is 70.0 cm³/mol. The molecule has 1 aliphatic heterocycles. The Morgan fingerprint density at radius 2 is 2.06 bits per heavy atom. The highest BCUT2D eigenvalue weighted by Gasteiger charge is 2.31. The van der Waals surface area contributed by atoms with Gasteiger partial charge >= 0.3 is 0 Å².